The Morgan fingerprint density at radius 2 is 1.89 bits per heavy atom. The molecular formula is C18H30N4O5. The zero-order valence-corrected chi connectivity index (χ0v) is 16.0. The van der Waals surface area contributed by atoms with Crippen LogP contribution in [-0.2, 0) is 19.2 Å². The molecular weight excluding hydrogens is 352 g/mol. The van der Waals surface area contributed by atoms with Crippen molar-refractivity contribution in [1.82, 2.24) is 20.9 Å². The third-order valence-electron chi connectivity index (χ3n) is 4.99. The van der Waals surface area contributed by atoms with Crippen molar-refractivity contribution in [1.29, 1.82) is 0 Å². The zero-order valence-electron chi connectivity index (χ0n) is 16.0. The minimum atomic E-state index is -1.08. The number of nitrogens with one attached hydrogen (secondary N) is 3. The van der Waals surface area contributed by atoms with Gasteiger partial charge in [0, 0.05) is 6.54 Å². The molecule has 0 bridgehead atoms. The standard InChI is InChI=1S/C18H30N4O5/c1-11(2)9-13(18(26)27)21-17(25)14-6-4-8-22(14)15(23)10-20-16(24)12-5-3-7-19-12/h11-14,19H,3-10H2,1-2H3,(H,20,24)(H,21,25)(H,26,27)/t12-,13-,14-/m0/s1. The van der Waals surface area contributed by atoms with Crippen molar-refractivity contribution >= 4 is 23.7 Å². The van der Waals surface area contributed by atoms with Gasteiger partial charge in [0.15, 0.2) is 0 Å². The van der Waals surface area contributed by atoms with Gasteiger partial charge in [-0.3, -0.25) is 14.4 Å². The minimum Gasteiger partial charge on any atom is -0.480 e. The molecule has 2 aliphatic rings. The van der Waals surface area contributed by atoms with E-state index >= 15 is 0 Å². The molecule has 0 spiro atoms. The lowest BCUT2D eigenvalue weighted by Gasteiger charge is -2.26. The Hall–Kier alpha value is -2.16. The summed E-state index contributed by atoms with van der Waals surface area (Å²) in [6.07, 6.45) is 3.17. The first-order valence-corrected chi connectivity index (χ1v) is 9.63. The van der Waals surface area contributed by atoms with Crippen molar-refractivity contribution in [2.75, 3.05) is 19.6 Å². The van der Waals surface area contributed by atoms with E-state index < -0.39 is 24.0 Å². The van der Waals surface area contributed by atoms with Crippen molar-refractivity contribution < 1.29 is 24.3 Å². The van der Waals surface area contributed by atoms with E-state index in [1.165, 1.54) is 4.90 Å². The summed E-state index contributed by atoms with van der Waals surface area (Å²) >= 11 is 0. The Labute approximate surface area is 159 Å². The highest BCUT2D eigenvalue weighted by molar-refractivity contribution is 5.93. The van der Waals surface area contributed by atoms with Gasteiger partial charge in [0.25, 0.3) is 0 Å². The van der Waals surface area contributed by atoms with Crippen LogP contribution in [0.3, 0.4) is 0 Å². The van der Waals surface area contributed by atoms with E-state index in [0.717, 1.165) is 19.4 Å². The molecule has 2 aliphatic heterocycles. The van der Waals surface area contributed by atoms with Crippen LogP contribution in [0.2, 0.25) is 0 Å². The average Bonchev–Trinajstić information content (AvgIpc) is 3.29. The smallest absolute Gasteiger partial charge is 0.326 e. The molecule has 2 saturated heterocycles. The number of carboxylic acid groups (broad SMARTS) is 1. The molecule has 3 amide bonds. The number of hydrogen-bond donors (Lipinski definition) is 4. The second kappa shape index (κ2) is 9.68. The van der Waals surface area contributed by atoms with Crippen LogP contribution in [0.1, 0.15) is 46.0 Å². The highest BCUT2D eigenvalue weighted by atomic mass is 16.4. The topological polar surface area (TPSA) is 128 Å². The number of carbonyl (C=O) groups excluding carboxylic acids is 3. The van der Waals surface area contributed by atoms with Crippen LogP contribution >= 0.6 is 0 Å². The molecule has 2 heterocycles. The number of rotatable bonds is 8. The number of amides is 3. The summed E-state index contributed by atoms with van der Waals surface area (Å²) in [5.74, 6) is -1.94. The Balaban J connectivity index is 1.88. The normalized spacial score (nSPS) is 23.3. The van der Waals surface area contributed by atoms with Crippen molar-refractivity contribution in [3.05, 3.63) is 0 Å². The second-order valence-corrected chi connectivity index (χ2v) is 7.64. The van der Waals surface area contributed by atoms with Gasteiger partial charge in [0.2, 0.25) is 17.7 Å². The van der Waals surface area contributed by atoms with Crippen LogP contribution in [0.5, 0.6) is 0 Å². The largest absolute Gasteiger partial charge is 0.480 e. The first kappa shape index (κ1) is 21.1. The van der Waals surface area contributed by atoms with E-state index in [4.69, 9.17) is 0 Å². The Kier molecular flexibility index (Phi) is 7.58. The lowest BCUT2D eigenvalue weighted by Crippen LogP contribution is -2.53. The molecule has 0 saturated carbocycles. The van der Waals surface area contributed by atoms with Crippen molar-refractivity contribution in [2.24, 2.45) is 5.92 Å². The number of carbonyl (C=O) groups is 4. The van der Waals surface area contributed by atoms with Crippen LogP contribution < -0.4 is 16.0 Å². The molecule has 0 aromatic rings. The van der Waals surface area contributed by atoms with Crippen molar-refractivity contribution in [3.63, 3.8) is 0 Å². The van der Waals surface area contributed by atoms with Crippen LogP contribution in [0.25, 0.3) is 0 Å². The molecule has 152 valence electrons. The predicted octanol–water partition coefficient (Wildman–Crippen LogP) is -0.539. The number of nitrogens with zero attached hydrogens (tertiary/aromatic N) is 1. The molecule has 3 atom stereocenters. The van der Waals surface area contributed by atoms with Gasteiger partial charge >= 0.3 is 5.97 Å². The first-order valence-electron chi connectivity index (χ1n) is 9.63. The van der Waals surface area contributed by atoms with E-state index in [-0.39, 0.29) is 30.3 Å². The molecule has 0 unspecified atom stereocenters. The number of carboxylic acids is 1. The van der Waals surface area contributed by atoms with Gasteiger partial charge < -0.3 is 26.0 Å². The molecule has 27 heavy (non-hydrogen) atoms. The van der Waals surface area contributed by atoms with Gasteiger partial charge in [-0.2, -0.15) is 0 Å². The summed E-state index contributed by atoms with van der Waals surface area (Å²) in [6.45, 7) is 4.83. The second-order valence-electron chi connectivity index (χ2n) is 7.64. The number of hydrogen-bond acceptors (Lipinski definition) is 5. The van der Waals surface area contributed by atoms with Gasteiger partial charge in [0.1, 0.15) is 12.1 Å². The number of aliphatic carboxylic acids is 1. The maximum atomic E-state index is 12.5. The molecule has 9 nitrogen and oxygen atoms in total. The Morgan fingerprint density at radius 1 is 1.15 bits per heavy atom. The summed E-state index contributed by atoms with van der Waals surface area (Å²) in [6, 6.07) is -1.92. The summed E-state index contributed by atoms with van der Waals surface area (Å²) < 4.78 is 0. The Bertz CT molecular complexity index is 574. The highest BCUT2D eigenvalue weighted by Gasteiger charge is 2.36. The molecule has 2 rings (SSSR count). The van der Waals surface area contributed by atoms with Gasteiger partial charge in [-0.25, -0.2) is 4.79 Å². The average molecular weight is 382 g/mol. The molecule has 0 radical (unpaired) electrons. The third kappa shape index (κ3) is 5.92. The molecule has 0 aliphatic carbocycles. The summed E-state index contributed by atoms with van der Waals surface area (Å²) in [5.41, 5.74) is 0. The van der Waals surface area contributed by atoms with Gasteiger partial charge in [-0.1, -0.05) is 13.8 Å². The van der Waals surface area contributed by atoms with Gasteiger partial charge in [-0.05, 0) is 44.6 Å². The quantitative estimate of drug-likeness (QED) is 0.446. The fourth-order valence-electron chi connectivity index (χ4n) is 3.59. The van der Waals surface area contributed by atoms with E-state index in [0.29, 0.717) is 25.8 Å². The predicted molar refractivity (Wildman–Crippen MR) is 97.8 cm³/mol. The highest BCUT2D eigenvalue weighted by Crippen LogP contribution is 2.18. The first-order chi connectivity index (χ1) is 12.8. The Morgan fingerprint density at radius 3 is 2.48 bits per heavy atom. The minimum absolute atomic E-state index is 0.118. The van der Waals surface area contributed by atoms with Crippen LogP contribution in [0.4, 0.5) is 0 Å². The van der Waals surface area contributed by atoms with Crippen LogP contribution in [-0.4, -0.2) is 71.5 Å². The van der Waals surface area contributed by atoms with Gasteiger partial charge in [-0.15, -0.1) is 0 Å². The zero-order chi connectivity index (χ0) is 20.0. The maximum Gasteiger partial charge on any atom is 0.326 e. The van der Waals surface area contributed by atoms with Crippen LogP contribution in [0, 0.1) is 5.92 Å². The number of likely N-dealkylation sites (tertiary alicyclic amines) is 1. The molecule has 0 aromatic heterocycles. The molecule has 9 heteroatoms. The fraction of sp³-hybridized carbons (Fsp3) is 0.778. The molecule has 0 aromatic carbocycles. The maximum absolute atomic E-state index is 12.5. The molecule has 4 N–H and O–H groups in total. The van der Waals surface area contributed by atoms with E-state index in [1.807, 2.05) is 13.8 Å². The summed E-state index contributed by atoms with van der Waals surface area (Å²) in [5, 5.41) is 17.5. The summed E-state index contributed by atoms with van der Waals surface area (Å²) in [7, 11) is 0. The van der Waals surface area contributed by atoms with Crippen LogP contribution in [0.15, 0.2) is 0 Å². The summed E-state index contributed by atoms with van der Waals surface area (Å²) in [4.78, 5) is 49.8. The van der Waals surface area contributed by atoms with Gasteiger partial charge in [0.05, 0.1) is 12.6 Å². The van der Waals surface area contributed by atoms with Crippen molar-refractivity contribution in [2.45, 2.75) is 64.1 Å². The third-order valence-corrected chi connectivity index (χ3v) is 4.99. The monoisotopic (exact) mass is 382 g/mol. The lowest BCUT2D eigenvalue weighted by molar-refractivity contribution is -0.144. The van der Waals surface area contributed by atoms with E-state index in [1.54, 1.807) is 0 Å². The lowest BCUT2D eigenvalue weighted by atomic mass is 10.0. The van der Waals surface area contributed by atoms with E-state index in [9.17, 15) is 24.3 Å². The van der Waals surface area contributed by atoms with Crippen molar-refractivity contribution in [3.8, 4) is 0 Å². The van der Waals surface area contributed by atoms with E-state index in [2.05, 4.69) is 16.0 Å². The molecule has 2 fully saturated rings. The SMILES string of the molecule is CC(C)C[C@H](NC(=O)[C@@H]1CCCN1C(=O)CNC(=O)[C@@H]1CCCN1)C(=O)O. The fourth-order valence-corrected chi connectivity index (χ4v) is 3.59.